The van der Waals surface area contributed by atoms with Gasteiger partial charge in [0.25, 0.3) is 0 Å². The summed E-state index contributed by atoms with van der Waals surface area (Å²) in [6.07, 6.45) is 1.99. The zero-order valence-electron chi connectivity index (χ0n) is 5.50. The predicted octanol–water partition coefficient (Wildman–Crippen LogP) is 0.0673. The van der Waals surface area contributed by atoms with Gasteiger partial charge >= 0.3 is 0 Å². The highest BCUT2D eigenvalue weighted by atomic mass is 35.5. The Kier molecular flexibility index (Phi) is 7.31. The number of primary amides is 1. The molecule has 1 atom stereocenters. The number of carbonyl (C=O) groups excluding carboxylic acids is 1. The molecule has 1 rings (SSSR count). The van der Waals surface area contributed by atoms with Gasteiger partial charge in [-0.05, 0) is 19.4 Å². The van der Waals surface area contributed by atoms with Crippen molar-refractivity contribution >= 4 is 30.7 Å². The van der Waals surface area contributed by atoms with Gasteiger partial charge in [-0.3, -0.25) is 4.79 Å². The van der Waals surface area contributed by atoms with E-state index < -0.39 is 0 Å². The SMILES string of the molecule is Cl.Cl.NC(=O)C1CCCN1. The van der Waals surface area contributed by atoms with Gasteiger partial charge in [0.05, 0.1) is 6.04 Å². The van der Waals surface area contributed by atoms with E-state index in [0.717, 1.165) is 19.4 Å². The molecule has 1 fully saturated rings. The van der Waals surface area contributed by atoms with E-state index in [9.17, 15) is 4.79 Å². The molecule has 0 aromatic rings. The van der Waals surface area contributed by atoms with Gasteiger partial charge in [0.2, 0.25) is 5.91 Å². The number of halogens is 2. The molecule has 1 aliphatic heterocycles. The maximum atomic E-state index is 10.4. The molecule has 1 aliphatic rings. The molecule has 0 saturated carbocycles. The molecular formula is C5H12Cl2N2O. The summed E-state index contributed by atoms with van der Waals surface area (Å²) in [5, 5.41) is 2.98. The van der Waals surface area contributed by atoms with Crippen LogP contribution in [0.4, 0.5) is 0 Å². The van der Waals surface area contributed by atoms with Crippen LogP contribution in [-0.4, -0.2) is 18.5 Å². The van der Waals surface area contributed by atoms with Gasteiger partial charge in [-0.15, -0.1) is 24.8 Å². The Morgan fingerprint density at radius 3 is 2.30 bits per heavy atom. The molecule has 0 radical (unpaired) electrons. The van der Waals surface area contributed by atoms with Crippen LogP contribution in [0.15, 0.2) is 0 Å². The van der Waals surface area contributed by atoms with E-state index in [-0.39, 0.29) is 36.8 Å². The second-order valence-corrected chi connectivity index (χ2v) is 2.05. The summed E-state index contributed by atoms with van der Waals surface area (Å²) >= 11 is 0. The highest BCUT2D eigenvalue weighted by Crippen LogP contribution is 2.02. The Bertz CT molecular complexity index is 104. The van der Waals surface area contributed by atoms with Crippen molar-refractivity contribution in [3.05, 3.63) is 0 Å². The first-order valence-electron chi connectivity index (χ1n) is 2.83. The Morgan fingerprint density at radius 1 is 1.50 bits per heavy atom. The first-order valence-corrected chi connectivity index (χ1v) is 2.83. The van der Waals surface area contributed by atoms with Crippen molar-refractivity contribution < 1.29 is 4.79 Å². The Morgan fingerprint density at radius 2 is 2.10 bits per heavy atom. The van der Waals surface area contributed by atoms with Crippen molar-refractivity contribution in [1.82, 2.24) is 5.32 Å². The molecule has 3 N–H and O–H groups in total. The fraction of sp³-hybridized carbons (Fsp3) is 0.800. The van der Waals surface area contributed by atoms with Crippen LogP contribution in [0.2, 0.25) is 0 Å². The molecule has 0 bridgehead atoms. The zero-order chi connectivity index (χ0) is 5.98. The number of nitrogens with two attached hydrogens (primary N) is 1. The average Bonchev–Trinajstić information content (AvgIpc) is 2.12. The van der Waals surface area contributed by atoms with Gasteiger partial charge in [0, 0.05) is 0 Å². The molecule has 5 heteroatoms. The zero-order valence-corrected chi connectivity index (χ0v) is 7.13. The van der Waals surface area contributed by atoms with Gasteiger partial charge < -0.3 is 11.1 Å². The van der Waals surface area contributed by atoms with Crippen LogP contribution in [-0.2, 0) is 4.79 Å². The average molecular weight is 187 g/mol. The number of hydrogen-bond acceptors (Lipinski definition) is 2. The molecule has 0 aromatic carbocycles. The lowest BCUT2D eigenvalue weighted by Crippen LogP contribution is -2.36. The smallest absolute Gasteiger partial charge is 0.234 e. The minimum atomic E-state index is -0.220. The van der Waals surface area contributed by atoms with Crippen LogP contribution in [0.3, 0.4) is 0 Å². The third-order valence-electron chi connectivity index (χ3n) is 1.40. The highest BCUT2D eigenvalue weighted by molar-refractivity contribution is 5.85. The van der Waals surface area contributed by atoms with Gasteiger partial charge in [-0.25, -0.2) is 0 Å². The molecule has 3 nitrogen and oxygen atoms in total. The van der Waals surface area contributed by atoms with Crippen molar-refractivity contribution in [2.24, 2.45) is 5.73 Å². The topological polar surface area (TPSA) is 55.1 Å². The number of carbonyl (C=O) groups is 1. The van der Waals surface area contributed by atoms with Crippen LogP contribution in [0.5, 0.6) is 0 Å². The predicted molar refractivity (Wildman–Crippen MR) is 44.7 cm³/mol. The third-order valence-corrected chi connectivity index (χ3v) is 1.40. The largest absolute Gasteiger partial charge is 0.368 e. The number of hydrogen-bond donors (Lipinski definition) is 2. The number of amides is 1. The molecule has 1 heterocycles. The van der Waals surface area contributed by atoms with Crippen LogP contribution in [0, 0.1) is 0 Å². The van der Waals surface area contributed by atoms with E-state index in [0.29, 0.717) is 0 Å². The molecule has 0 aliphatic carbocycles. The van der Waals surface area contributed by atoms with E-state index in [1.807, 2.05) is 0 Å². The summed E-state index contributed by atoms with van der Waals surface area (Å²) < 4.78 is 0. The molecule has 0 spiro atoms. The molecule has 62 valence electrons. The summed E-state index contributed by atoms with van der Waals surface area (Å²) in [5.74, 6) is -0.220. The van der Waals surface area contributed by atoms with Crippen LogP contribution in [0.1, 0.15) is 12.8 Å². The normalized spacial score (nSPS) is 22.6. The first kappa shape index (κ1) is 12.7. The van der Waals surface area contributed by atoms with Gasteiger partial charge in [0.1, 0.15) is 0 Å². The highest BCUT2D eigenvalue weighted by Gasteiger charge is 2.18. The van der Waals surface area contributed by atoms with E-state index in [2.05, 4.69) is 5.32 Å². The molecule has 1 saturated heterocycles. The Labute approximate surface area is 72.6 Å². The van der Waals surface area contributed by atoms with E-state index in [4.69, 9.17) is 5.73 Å². The maximum absolute atomic E-state index is 10.4. The minimum Gasteiger partial charge on any atom is -0.368 e. The summed E-state index contributed by atoms with van der Waals surface area (Å²) in [7, 11) is 0. The van der Waals surface area contributed by atoms with Crippen molar-refractivity contribution in [3.8, 4) is 0 Å². The summed E-state index contributed by atoms with van der Waals surface area (Å²) in [6, 6.07) is -0.0463. The Hall–Kier alpha value is 0.01000. The van der Waals surface area contributed by atoms with E-state index in [1.165, 1.54) is 0 Å². The van der Waals surface area contributed by atoms with Crippen molar-refractivity contribution in [1.29, 1.82) is 0 Å². The standard InChI is InChI=1S/C5H10N2O.2ClH/c6-5(8)4-2-1-3-7-4;;/h4,7H,1-3H2,(H2,6,8);2*1H. The minimum absolute atomic E-state index is 0. The lowest BCUT2D eigenvalue weighted by atomic mass is 10.2. The van der Waals surface area contributed by atoms with E-state index >= 15 is 0 Å². The Balaban J connectivity index is 0. The van der Waals surface area contributed by atoms with Gasteiger partial charge in [0.15, 0.2) is 0 Å². The van der Waals surface area contributed by atoms with Crippen molar-refractivity contribution in [2.75, 3.05) is 6.54 Å². The van der Waals surface area contributed by atoms with Crippen LogP contribution < -0.4 is 11.1 Å². The summed E-state index contributed by atoms with van der Waals surface area (Å²) in [6.45, 7) is 0.938. The van der Waals surface area contributed by atoms with Crippen molar-refractivity contribution in [3.63, 3.8) is 0 Å². The molecule has 1 unspecified atom stereocenters. The van der Waals surface area contributed by atoms with Crippen molar-refractivity contribution in [2.45, 2.75) is 18.9 Å². The lowest BCUT2D eigenvalue weighted by Gasteiger charge is -2.01. The molecule has 1 amide bonds. The first-order chi connectivity index (χ1) is 3.80. The van der Waals surface area contributed by atoms with E-state index in [1.54, 1.807) is 0 Å². The number of nitrogens with one attached hydrogen (secondary N) is 1. The summed E-state index contributed by atoms with van der Waals surface area (Å²) in [5.41, 5.74) is 5.00. The van der Waals surface area contributed by atoms with Crippen LogP contribution >= 0.6 is 24.8 Å². The second kappa shape index (κ2) is 5.77. The second-order valence-electron chi connectivity index (χ2n) is 2.05. The summed E-state index contributed by atoms with van der Waals surface area (Å²) in [4.78, 5) is 10.4. The number of rotatable bonds is 1. The fourth-order valence-electron chi connectivity index (χ4n) is 0.927. The van der Waals surface area contributed by atoms with Gasteiger partial charge in [-0.2, -0.15) is 0 Å². The van der Waals surface area contributed by atoms with Gasteiger partial charge in [-0.1, -0.05) is 0 Å². The molecule has 10 heavy (non-hydrogen) atoms. The molecule has 0 aromatic heterocycles. The quantitative estimate of drug-likeness (QED) is 0.610. The maximum Gasteiger partial charge on any atom is 0.234 e. The lowest BCUT2D eigenvalue weighted by molar-refractivity contribution is -0.119. The third kappa shape index (κ3) is 3.25. The monoisotopic (exact) mass is 186 g/mol. The van der Waals surface area contributed by atoms with Crippen LogP contribution in [0.25, 0.3) is 0 Å². The molecular weight excluding hydrogens is 175 g/mol. The fourth-order valence-corrected chi connectivity index (χ4v) is 0.927.